The number of nitrogens with one attached hydrogen (secondary N) is 1. The Morgan fingerprint density at radius 3 is 1.38 bits per heavy atom. The van der Waals surface area contributed by atoms with E-state index >= 15 is 0 Å². The average Bonchev–Trinajstić information content (AvgIpc) is 1.70. The van der Waals surface area contributed by atoms with Gasteiger partial charge in [-0.25, -0.2) is 39.6 Å². The Hall–Kier alpha value is -7.88. The molecule has 0 bridgehead atoms. The van der Waals surface area contributed by atoms with E-state index in [1.54, 1.807) is 12.4 Å². The standard InChI is InChI=1S/C44H65N6O10.C36H53N5O8/c1-6-7-18-46-41(52)14-15-43(53)60-39-27-42(59-40(39)31-58-45)50-28-33(3)37(47-44(50)54)12-8-10-21-55-23-25-57-26-24-56-22-11-9-13-38(51)34-17-20-49(5)30-36(34)35-29-48(4)19-16-32(35)2;1-26-11-13-39(3)23-29(26)30-24-40(4)14-12-28(30)32(42)10-6-8-16-46-18-20-47-19-17-45-15-7-5-9-31-27(2)22-41(36(44)38-31)35-21-33(43)34(49-35)25-48-37/h16-17,19-20,28-30,39-40,42H,6-15,18,21-27,31,45H2,1-5H3;11-14,22-24,33-35,43H,5-10,15-21,25,37H2,1-4H3/q+1;+2/p+1/i45D;37D. The smallest absolute Gasteiger partial charge is 0.349 e. The molecule has 2 saturated heterocycles. The molecule has 2 aliphatic heterocycles. The van der Waals surface area contributed by atoms with Gasteiger partial charge in [-0.05, 0) is 121 Å². The average molecular weight is 1520 g/mol. The highest BCUT2D eigenvalue weighted by molar-refractivity contribution is 6.02. The van der Waals surface area contributed by atoms with Crippen molar-refractivity contribution in [3.8, 4) is 22.3 Å². The molecule has 29 heteroatoms. The van der Waals surface area contributed by atoms with Gasteiger partial charge in [-0.1, -0.05) is 13.3 Å². The normalized spacial score (nSPS) is 17.1. The number of Topliss-reactive ketones (excluding diaryl/α,β-unsaturated/α-hetero) is 2. The van der Waals surface area contributed by atoms with E-state index in [1.165, 1.54) is 9.13 Å². The highest BCUT2D eigenvalue weighted by Crippen LogP contribution is 2.33. The monoisotopic (exact) mass is 1520 g/mol. The summed E-state index contributed by atoms with van der Waals surface area (Å²) in [5, 5.41) is 13.0. The van der Waals surface area contributed by atoms with Gasteiger partial charge in [0.1, 0.15) is 59.0 Å². The van der Waals surface area contributed by atoms with E-state index < -0.39 is 54.2 Å². The van der Waals surface area contributed by atoms with Crippen LogP contribution in [0.15, 0.2) is 95.8 Å². The number of rotatable bonds is 51. The molecule has 6 aromatic rings. The molecule has 6 aromatic heterocycles. The van der Waals surface area contributed by atoms with E-state index in [2.05, 4.69) is 53.7 Å². The number of pyridine rings is 4. The van der Waals surface area contributed by atoms with Crippen molar-refractivity contribution in [2.75, 3.05) is 99.0 Å². The van der Waals surface area contributed by atoms with E-state index in [1.807, 2.05) is 128 Å². The van der Waals surface area contributed by atoms with Crippen LogP contribution in [0.5, 0.6) is 0 Å². The zero-order valence-corrected chi connectivity index (χ0v) is 65.3. The Kier molecular flexibility index (Phi) is 37.5. The molecule has 109 heavy (non-hydrogen) atoms. The maximum Gasteiger partial charge on any atom is 0.349 e. The van der Waals surface area contributed by atoms with Gasteiger partial charge in [0.05, 0.1) is 112 Å². The lowest BCUT2D eigenvalue weighted by molar-refractivity contribution is -0.672. The van der Waals surface area contributed by atoms with Gasteiger partial charge in [0, 0.05) is 113 Å². The topological polar surface area (TPSA) is 339 Å². The molecule has 0 aromatic carbocycles. The van der Waals surface area contributed by atoms with E-state index in [-0.39, 0.29) is 56.4 Å². The molecule has 6 atom stereocenters. The maximum atomic E-state index is 13.2. The fraction of sp³-hybridized carbons (Fsp3) is 0.600. The molecule has 6 N–H and O–H groups in total. The Labute approximate surface area is 643 Å². The number of aliphatic hydroxyl groups excluding tert-OH is 1. The Bertz CT molecular complexity index is 4000. The summed E-state index contributed by atoms with van der Waals surface area (Å²) in [6.07, 6.45) is 25.8. The second kappa shape index (κ2) is 48.0. The van der Waals surface area contributed by atoms with Gasteiger partial charge in [-0.15, -0.1) is 0 Å². The Balaban J connectivity index is 0.000000314. The van der Waals surface area contributed by atoms with Crippen molar-refractivity contribution in [1.82, 2.24) is 24.4 Å². The van der Waals surface area contributed by atoms with Crippen LogP contribution in [-0.2, 0) is 103 Å². The molecular weight excluding hydrogens is 1400 g/mol. The maximum absolute atomic E-state index is 13.2. The van der Waals surface area contributed by atoms with Crippen molar-refractivity contribution < 1.29 is 97.7 Å². The number of nitrogens with zero attached hydrogens (tertiary/aromatic N) is 8. The first kappa shape index (κ1) is 85.1. The molecule has 2 aliphatic rings. The van der Waals surface area contributed by atoms with Crippen LogP contribution in [0, 0.1) is 27.7 Å². The number of aliphatic hydroxyl groups is 1. The molecular formula is C80H119N11O18+4. The van der Waals surface area contributed by atoms with Crippen LogP contribution < -0.4 is 46.7 Å². The van der Waals surface area contributed by atoms with E-state index in [4.69, 9.17) is 55.1 Å². The predicted molar refractivity (Wildman–Crippen MR) is 402 cm³/mol. The summed E-state index contributed by atoms with van der Waals surface area (Å²) in [6.45, 7) is 16.5. The predicted octanol–water partition coefficient (Wildman–Crippen LogP) is 5.53. The number of carbonyl (C=O) groups is 4. The fourth-order valence-corrected chi connectivity index (χ4v) is 12.7. The molecule has 0 saturated carbocycles. The number of nitrogens with two attached hydrogens (primary N) is 2. The number of amides is 1. The first-order chi connectivity index (χ1) is 53.7. The van der Waals surface area contributed by atoms with Crippen LogP contribution in [0.25, 0.3) is 22.3 Å². The fourth-order valence-electron chi connectivity index (χ4n) is 12.7. The first-order valence-electron chi connectivity index (χ1n) is 39.3. The first-order valence-corrected chi connectivity index (χ1v) is 38.3. The lowest BCUT2D eigenvalue weighted by Gasteiger charge is -2.17. The van der Waals surface area contributed by atoms with E-state index in [0.717, 1.165) is 126 Å². The van der Waals surface area contributed by atoms with Crippen molar-refractivity contribution in [2.45, 2.75) is 187 Å². The zero-order valence-electron chi connectivity index (χ0n) is 67.3. The van der Waals surface area contributed by atoms with Gasteiger partial charge in [0.15, 0.2) is 64.0 Å². The zero-order chi connectivity index (χ0) is 79.9. The number of unbranched alkanes of at least 4 members (excludes halogenated alkanes) is 5. The quantitative estimate of drug-likeness (QED) is 0.0120. The van der Waals surface area contributed by atoms with Crippen LogP contribution in [0.4, 0.5) is 0 Å². The molecule has 2 fully saturated rings. The minimum Gasteiger partial charge on any atom is -0.459 e. The molecule has 6 unspecified atom stereocenters. The summed E-state index contributed by atoms with van der Waals surface area (Å²) in [5.41, 5.74) is 10.0. The summed E-state index contributed by atoms with van der Waals surface area (Å²) in [5.74, 6) is 3.16. The van der Waals surface area contributed by atoms with Crippen LogP contribution in [0.2, 0.25) is 2.82 Å². The van der Waals surface area contributed by atoms with Crippen molar-refractivity contribution in [1.29, 1.82) is 0 Å². The third kappa shape index (κ3) is 29.7. The number of carbonyl (C=O) groups excluding carboxylic acids is 4. The number of hydrogen-bond donors (Lipinski definition) is 4. The lowest BCUT2D eigenvalue weighted by Crippen LogP contribution is -2.32. The van der Waals surface area contributed by atoms with Crippen LogP contribution in [0.3, 0.4) is 0 Å². The number of aryl methyl sites for hydroxylation is 10. The van der Waals surface area contributed by atoms with Gasteiger partial charge in [-0.2, -0.15) is 9.97 Å². The van der Waals surface area contributed by atoms with Crippen LogP contribution >= 0.6 is 0 Å². The second-order valence-electron chi connectivity index (χ2n) is 27.9. The van der Waals surface area contributed by atoms with Crippen molar-refractivity contribution >= 4 is 23.4 Å². The van der Waals surface area contributed by atoms with E-state index in [9.17, 15) is 33.9 Å². The third-order valence-corrected chi connectivity index (χ3v) is 19.0. The van der Waals surface area contributed by atoms with Gasteiger partial charge in [-0.3, -0.25) is 28.3 Å². The molecule has 0 aliphatic carbocycles. The van der Waals surface area contributed by atoms with Crippen molar-refractivity contribution in [2.24, 2.45) is 40.0 Å². The van der Waals surface area contributed by atoms with Crippen molar-refractivity contribution in [3.05, 3.63) is 152 Å². The minimum atomic E-state index is -0.799. The molecule has 29 nitrogen and oxygen atoms in total. The van der Waals surface area contributed by atoms with Crippen molar-refractivity contribution in [3.63, 3.8) is 0 Å². The number of aromatic nitrogens is 8. The number of ether oxygens (including phenoxy) is 9. The summed E-state index contributed by atoms with van der Waals surface area (Å²) in [7, 11) is 7.90. The lowest BCUT2D eigenvalue weighted by atomic mass is 9.95. The van der Waals surface area contributed by atoms with Gasteiger partial charge in [0.25, 0.3) is 0 Å². The Morgan fingerprint density at radius 1 is 0.523 bits per heavy atom. The SMILES string of the molecule is [2H]NOCC1OC(n2cc(C)c(CCCCOCCOCCOCCCCC(=O)c3cc[n+](C)cc3-c3c[n+](C)ccc3C)nc2=O)CC1O.[2H]NOCC1OC(n2cc(C)c(CCCCOCCOCCOCCCCC(=O)c3cc[n+](C)cc3-c3c[n+](C)ccc3C)nc2=O)CC1OC(=O)CCC(=O)NCCCC. The molecule has 8 rings (SSSR count). The number of esters is 1. The summed E-state index contributed by atoms with van der Waals surface area (Å²) < 4.78 is 76.2. The van der Waals surface area contributed by atoms with Gasteiger partial charge >= 0.3 is 17.3 Å². The van der Waals surface area contributed by atoms with Gasteiger partial charge < -0.3 is 62.7 Å². The Morgan fingerprint density at radius 2 is 0.927 bits per heavy atom. The largest absolute Gasteiger partial charge is 0.459 e. The number of hydrogen-bond acceptors (Lipinski definition) is 22. The third-order valence-electron chi connectivity index (χ3n) is 19.0. The second-order valence-corrected chi connectivity index (χ2v) is 27.9. The molecule has 8 heterocycles. The highest BCUT2D eigenvalue weighted by atomic mass is 16.6. The summed E-state index contributed by atoms with van der Waals surface area (Å²) in [6, 6.07) is 7.95. The molecule has 0 radical (unpaired) electrons. The van der Waals surface area contributed by atoms with Crippen LogP contribution in [-0.4, -0.2) is 171 Å². The molecule has 1 amide bonds. The molecule has 0 spiro atoms. The summed E-state index contributed by atoms with van der Waals surface area (Å²) >= 11 is 0. The summed E-state index contributed by atoms with van der Waals surface area (Å²) in [4.78, 5) is 95.0. The van der Waals surface area contributed by atoms with E-state index in [0.29, 0.717) is 117 Å². The minimum absolute atomic E-state index is 0.0000321. The van der Waals surface area contributed by atoms with Crippen LogP contribution in [0.1, 0.15) is 176 Å². The molecule has 598 valence electrons. The van der Waals surface area contributed by atoms with Gasteiger partial charge in [0.2, 0.25) is 5.91 Å². The number of ketones is 2. The highest BCUT2D eigenvalue weighted by Gasteiger charge is 2.40.